The lowest BCUT2D eigenvalue weighted by molar-refractivity contribution is -0.139. The molecule has 0 aliphatic rings. The standard InChI is InChI=1S/C12H23O5P/c1-5-16-18(14,17-6-2)10-8-7-9-15-12(13)11(3)4/h3,5-10H2,1-2,4H3. The highest BCUT2D eigenvalue weighted by Gasteiger charge is 2.22. The van der Waals surface area contributed by atoms with E-state index in [0.717, 1.165) is 0 Å². The fourth-order valence-electron chi connectivity index (χ4n) is 1.26. The van der Waals surface area contributed by atoms with E-state index < -0.39 is 13.6 Å². The molecule has 0 saturated heterocycles. The van der Waals surface area contributed by atoms with E-state index in [9.17, 15) is 9.36 Å². The summed E-state index contributed by atoms with van der Waals surface area (Å²) < 4.78 is 27.3. The number of esters is 1. The third-order valence-corrected chi connectivity index (χ3v) is 4.23. The quantitative estimate of drug-likeness (QED) is 0.266. The molecule has 0 rings (SSSR count). The Morgan fingerprint density at radius 1 is 1.17 bits per heavy atom. The zero-order valence-electron chi connectivity index (χ0n) is 11.4. The van der Waals surface area contributed by atoms with E-state index in [2.05, 4.69) is 6.58 Å². The Bertz CT molecular complexity index is 304. The van der Waals surface area contributed by atoms with Gasteiger partial charge in [-0.1, -0.05) is 6.58 Å². The van der Waals surface area contributed by atoms with Crippen molar-refractivity contribution < 1.29 is 23.1 Å². The summed E-state index contributed by atoms with van der Waals surface area (Å²) in [5.74, 6) is -0.396. The van der Waals surface area contributed by atoms with Gasteiger partial charge in [0.25, 0.3) is 0 Å². The average Bonchev–Trinajstić information content (AvgIpc) is 2.28. The molecule has 0 bridgehead atoms. The molecule has 0 amide bonds. The summed E-state index contributed by atoms with van der Waals surface area (Å²) in [6.45, 7) is 9.66. The van der Waals surface area contributed by atoms with Crippen LogP contribution in [0.15, 0.2) is 12.2 Å². The fraction of sp³-hybridized carbons (Fsp3) is 0.750. The van der Waals surface area contributed by atoms with Crippen molar-refractivity contribution in [3.63, 3.8) is 0 Å². The van der Waals surface area contributed by atoms with Crippen LogP contribution in [0.4, 0.5) is 0 Å². The Balaban J connectivity index is 3.84. The summed E-state index contributed by atoms with van der Waals surface area (Å²) in [6, 6.07) is 0. The third-order valence-electron chi connectivity index (χ3n) is 2.06. The van der Waals surface area contributed by atoms with Crippen LogP contribution in [0, 0.1) is 0 Å². The predicted octanol–water partition coefficient (Wildman–Crippen LogP) is 3.15. The van der Waals surface area contributed by atoms with Gasteiger partial charge in [-0.05, 0) is 33.6 Å². The van der Waals surface area contributed by atoms with Crippen LogP contribution in [0.3, 0.4) is 0 Å². The van der Waals surface area contributed by atoms with Gasteiger partial charge < -0.3 is 13.8 Å². The molecule has 0 atom stereocenters. The Morgan fingerprint density at radius 2 is 1.72 bits per heavy atom. The summed E-state index contributed by atoms with van der Waals surface area (Å²) >= 11 is 0. The van der Waals surface area contributed by atoms with Gasteiger partial charge in [0, 0.05) is 5.57 Å². The van der Waals surface area contributed by atoms with E-state index in [1.807, 2.05) is 0 Å². The molecule has 18 heavy (non-hydrogen) atoms. The van der Waals surface area contributed by atoms with Gasteiger partial charge in [-0.25, -0.2) is 4.79 Å². The second-order valence-electron chi connectivity index (χ2n) is 3.79. The van der Waals surface area contributed by atoms with Crippen LogP contribution < -0.4 is 0 Å². The number of hydrogen-bond acceptors (Lipinski definition) is 5. The molecule has 0 aromatic carbocycles. The predicted molar refractivity (Wildman–Crippen MR) is 70.7 cm³/mol. The molecule has 0 radical (unpaired) electrons. The zero-order valence-corrected chi connectivity index (χ0v) is 12.3. The number of carbonyl (C=O) groups is 1. The monoisotopic (exact) mass is 278 g/mol. The van der Waals surface area contributed by atoms with Crippen molar-refractivity contribution in [2.75, 3.05) is 26.0 Å². The molecule has 0 N–H and O–H groups in total. The largest absolute Gasteiger partial charge is 0.462 e. The normalized spacial score (nSPS) is 11.3. The van der Waals surface area contributed by atoms with Gasteiger partial charge >= 0.3 is 13.6 Å². The van der Waals surface area contributed by atoms with Crippen LogP contribution >= 0.6 is 7.60 Å². The first-order chi connectivity index (χ1) is 8.45. The maximum absolute atomic E-state index is 12.1. The lowest BCUT2D eigenvalue weighted by Gasteiger charge is -2.16. The number of carbonyl (C=O) groups excluding carboxylic acids is 1. The smallest absolute Gasteiger partial charge is 0.333 e. The molecule has 0 heterocycles. The first-order valence-corrected chi connectivity index (χ1v) is 7.88. The first kappa shape index (κ1) is 17.4. The average molecular weight is 278 g/mol. The van der Waals surface area contributed by atoms with Gasteiger partial charge in [-0.15, -0.1) is 0 Å². The second-order valence-corrected chi connectivity index (χ2v) is 5.98. The van der Waals surface area contributed by atoms with Gasteiger partial charge in [-0.3, -0.25) is 4.57 Å². The maximum atomic E-state index is 12.1. The molecule has 5 nitrogen and oxygen atoms in total. The number of unbranched alkanes of at least 4 members (excludes halogenated alkanes) is 1. The van der Waals surface area contributed by atoms with E-state index in [1.54, 1.807) is 20.8 Å². The van der Waals surface area contributed by atoms with Crippen LogP contribution in [0.5, 0.6) is 0 Å². The minimum atomic E-state index is -2.96. The maximum Gasteiger partial charge on any atom is 0.333 e. The van der Waals surface area contributed by atoms with Crippen molar-refractivity contribution in [1.29, 1.82) is 0 Å². The first-order valence-electron chi connectivity index (χ1n) is 6.16. The second kappa shape index (κ2) is 9.31. The zero-order chi connectivity index (χ0) is 14.0. The molecule has 6 heteroatoms. The molecule has 0 aliphatic heterocycles. The highest BCUT2D eigenvalue weighted by Crippen LogP contribution is 2.48. The van der Waals surface area contributed by atoms with Crippen molar-refractivity contribution in [3.8, 4) is 0 Å². The summed E-state index contributed by atoms with van der Waals surface area (Å²) in [7, 11) is -2.96. The topological polar surface area (TPSA) is 61.8 Å². The van der Waals surface area contributed by atoms with Crippen molar-refractivity contribution in [2.45, 2.75) is 33.6 Å². The van der Waals surface area contributed by atoms with Crippen molar-refractivity contribution >= 4 is 13.6 Å². The lowest BCUT2D eigenvalue weighted by Crippen LogP contribution is -2.07. The van der Waals surface area contributed by atoms with Crippen LogP contribution in [0.1, 0.15) is 33.6 Å². The van der Waals surface area contributed by atoms with E-state index in [0.29, 0.717) is 44.4 Å². The molecule has 0 saturated carbocycles. The van der Waals surface area contributed by atoms with Gasteiger partial charge in [-0.2, -0.15) is 0 Å². The Hall–Kier alpha value is -0.640. The van der Waals surface area contributed by atoms with Crippen LogP contribution in [0.2, 0.25) is 0 Å². The van der Waals surface area contributed by atoms with Gasteiger partial charge in [0.15, 0.2) is 0 Å². The van der Waals surface area contributed by atoms with Gasteiger partial charge in [0.2, 0.25) is 0 Å². The van der Waals surface area contributed by atoms with E-state index >= 15 is 0 Å². The molecule has 0 fully saturated rings. The molecular weight excluding hydrogens is 255 g/mol. The van der Waals surface area contributed by atoms with E-state index in [1.165, 1.54) is 0 Å². The molecule has 0 aliphatic carbocycles. The summed E-state index contributed by atoms with van der Waals surface area (Å²) in [5, 5.41) is 0. The number of hydrogen-bond donors (Lipinski definition) is 0. The lowest BCUT2D eigenvalue weighted by atomic mass is 10.3. The van der Waals surface area contributed by atoms with Crippen LogP contribution in [-0.2, 0) is 23.1 Å². The number of ether oxygens (including phenoxy) is 1. The molecular formula is C12H23O5P. The van der Waals surface area contributed by atoms with Crippen LogP contribution in [-0.4, -0.2) is 32.0 Å². The van der Waals surface area contributed by atoms with Crippen molar-refractivity contribution in [1.82, 2.24) is 0 Å². The molecule has 0 aromatic heterocycles. The SMILES string of the molecule is C=C(C)C(=O)OCCCCP(=O)(OCC)OCC. The van der Waals surface area contributed by atoms with Gasteiger partial charge in [0.1, 0.15) is 0 Å². The van der Waals surface area contributed by atoms with E-state index in [-0.39, 0.29) is 0 Å². The summed E-state index contributed by atoms with van der Waals surface area (Å²) in [6.07, 6.45) is 1.60. The van der Waals surface area contributed by atoms with E-state index in [4.69, 9.17) is 13.8 Å². The molecule has 0 spiro atoms. The summed E-state index contributed by atoms with van der Waals surface area (Å²) in [5.41, 5.74) is 0.379. The minimum Gasteiger partial charge on any atom is -0.462 e. The molecule has 0 aromatic rings. The fourth-order valence-corrected chi connectivity index (χ4v) is 2.99. The molecule has 0 unspecified atom stereocenters. The third kappa shape index (κ3) is 7.64. The minimum absolute atomic E-state index is 0.296. The highest BCUT2D eigenvalue weighted by molar-refractivity contribution is 7.53. The highest BCUT2D eigenvalue weighted by atomic mass is 31.2. The number of rotatable bonds is 10. The van der Waals surface area contributed by atoms with Crippen molar-refractivity contribution in [2.24, 2.45) is 0 Å². The van der Waals surface area contributed by atoms with Crippen LogP contribution in [0.25, 0.3) is 0 Å². The van der Waals surface area contributed by atoms with Gasteiger partial charge in [0.05, 0.1) is 26.0 Å². The Morgan fingerprint density at radius 3 is 2.17 bits per heavy atom. The Kier molecular flexibility index (Phi) is 8.98. The van der Waals surface area contributed by atoms with Crippen molar-refractivity contribution in [3.05, 3.63) is 12.2 Å². The Labute approximate surface area is 109 Å². The summed E-state index contributed by atoms with van der Waals surface area (Å²) in [4.78, 5) is 11.1. The molecule has 106 valence electrons.